The molecule has 0 bridgehead atoms. The highest BCUT2D eigenvalue weighted by atomic mass is 16.3. The second kappa shape index (κ2) is 8.04. The van der Waals surface area contributed by atoms with Gasteiger partial charge in [0.25, 0.3) is 0 Å². The predicted octanol–water partition coefficient (Wildman–Crippen LogP) is 2.31. The lowest BCUT2D eigenvalue weighted by atomic mass is 10.1. The molecule has 1 aromatic rings. The third-order valence-electron chi connectivity index (χ3n) is 3.67. The lowest BCUT2D eigenvalue weighted by Crippen LogP contribution is -2.38. The number of nitrogens with two attached hydrogens (primary N) is 1. The van der Waals surface area contributed by atoms with Crippen molar-refractivity contribution in [1.29, 1.82) is 0 Å². The first-order chi connectivity index (χ1) is 9.58. The van der Waals surface area contributed by atoms with Crippen molar-refractivity contribution in [3.8, 4) is 0 Å². The fraction of sp³-hybridized carbons (Fsp3) is 0.733. The molecule has 0 atom stereocenters. The van der Waals surface area contributed by atoms with E-state index in [1.54, 1.807) is 0 Å². The smallest absolute Gasteiger partial charge is 0.137 e. The molecule has 0 saturated carbocycles. The largest absolute Gasteiger partial charge is 0.395 e. The highest BCUT2D eigenvalue weighted by Gasteiger charge is 2.20. The van der Waals surface area contributed by atoms with Gasteiger partial charge in [-0.1, -0.05) is 20.8 Å². The Kier molecular flexibility index (Phi) is 6.71. The monoisotopic (exact) mass is 280 g/mol. The molecule has 0 aliphatic rings. The van der Waals surface area contributed by atoms with Crippen LogP contribution in [0.1, 0.15) is 51.4 Å². The Morgan fingerprint density at radius 1 is 1.20 bits per heavy atom. The molecule has 0 unspecified atom stereocenters. The van der Waals surface area contributed by atoms with Gasteiger partial charge in [0.1, 0.15) is 17.5 Å². The Balaban J connectivity index is 3.23. The standard InChI is InChI=1S/C15H28N4O/c1-5-8-13-17-14(16)11(4)15(18-13)19(9-10-20)12(6-2)7-3/h12,20H,5-10H2,1-4H3,(H2,16,17,18). The van der Waals surface area contributed by atoms with Crippen LogP contribution in [0.3, 0.4) is 0 Å². The van der Waals surface area contributed by atoms with Gasteiger partial charge in [-0.15, -0.1) is 0 Å². The third kappa shape index (κ3) is 3.82. The minimum atomic E-state index is 0.114. The van der Waals surface area contributed by atoms with E-state index in [-0.39, 0.29) is 6.61 Å². The first-order valence-corrected chi connectivity index (χ1v) is 7.59. The maximum Gasteiger partial charge on any atom is 0.137 e. The number of nitrogens with zero attached hydrogens (tertiary/aromatic N) is 3. The van der Waals surface area contributed by atoms with Crippen LogP contribution in [-0.4, -0.2) is 34.3 Å². The lowest BCUT2D eigenvalue weighted by Gasteiger charge is -2.32. The summed E-state index contributed by atoms with van der Waals surface area (Å²) in [5, 5.41) is 9.35. The van der Waals surface area contributed by atoms with E-state index in [9.17, 15) is 5.11 Å². The van der Waals surface area contributed by atoms with E-state index in [0.29, 0.717) is 18.4 Å². The van der Waals surface area contributed by atoms with Crippen LogP contribution in [0.4, 0.5) is 11.6 Å². The molecular weight excluding hydrogens is 252 g/mol. The normalized spacial score (nSPS) is 11.1. The van der Waals surface area contributed by atoms with E-state index >= 15 is 0 Å². The second-order valence-corrected chi connectivity index (χ2v) is 5.11. The number of aliphatic hydroxyl groups is 1. The van der Waals surface area contributed by atoms with Gasteiger partial charge in [0.05, 0.1) is 6.61 Å². The molecule has 5 heteroatoms. The average Bonchev–Trinajstić information content (AvgIpc) is 2.43. The summed E-state index contributed by atoms with van der Waals surface area (Å²) in [5.74, 6) is 2.22. The summed E-state index contributed by atoms with van der Waals surface area (Å²) in [6, 6.07) is 0.365. The van der Waals surface area contributed by atoms with E-state index in [0.717, 1.165) is 42.9 Å². The zero-order chi connectivity index (χ0) is 15.1. The van der Waals surface area contributed by atoms with Gasteiger partial charge < -0.3 is 15.7 Å². The Morgan fingerprint density at radius 2 is 1.85 bits per heavy atom. The number of aryl methyl sites for hydroxylation is 1. The molecule has 20 heavy (non-hydrogen) atoms. The summed E-state index contributed by atoms with van der Waals surface area (Å²) < 4.78 is 0. The number of hydrogen-bond donors (Lipinski definition) is 2. The maximum atomic E-state index is 9.35. The fourth-order valence-electron chi connectivity index (χ4n) is 2.48. The molecule has 0 radical (unpaired) electrons. The SMILES string of the molecule is CCCc1nc(N)c(C)c(N(CCO)C(CC)CC)n1. The first kappa shape index (κ1) is 16.7. The molecule has 0 saturated heterocycles. The van der Waals surface area contributed by atoms with Crippen LogP contribution in [0, 0.1) is 6.92 Å². The van der Waals surface area contributed by atoms with Crippen LogP contribution >= 0.6 is 0 Å². The number of rotatable bonds is 8. The van der Waals surface area contributed by atoms with Gasteiger partial charge in [-0.3, -0.25) is 0 Å². The summed E-state index contributed by atoms with van der Waals surface area (Å²) in [6.45, 7) is 9.06. The van der Waals surface area contributed by atoms with E-state index in [2.05, 4.69) is 35.6 Å². The van der Waals surface area contributed by atoms with Crippen molar-refractivity contribution in [2.75, 3.05) is 23.8 Å². The van der Waals surface area contributed by atoms with Crippen LogP contribution in [-0.2, 0) is 6.42 Å². The topological polar surface area (TPSA) is 75.3 Å². The molecule has 1 heterocycles. The highest BCUT2D eigenvalue weighted by molar-refractivity contribution is 5.57. The van der Waals surface area contributed by atoms with Crippen molar-refractivity contribution in [1.82, 2.24) is 9.97 Å². The molecule has 0 fully saturated rings. The van der Waals surface area contributed by atoms with Crippen LogP contribution < -0.4 is 10.6 Å². The van der Waals surface area contributed by atoms with E-state index < -0.39 is 0 Å². The van der Waals surface area contributed by atoms with Crippen molar-refractivity contribution < 1.29 is 5.11 Å². The molecule has 0 amide bonds. The number of anilines is 2. The van der Waals surface area contributed by atoms with Crippen LogP contribution in [0.25, 0.3) is 0 Å². The molecule has 114 valence electrons. The van der Waals surface area contributed by atoms with Gasteiger partial charge in [0.2, 0.25) is 0 Å². The number of aliphatic hydroxyl groups excluding tert-OH is 1. The van der Waals surface area contributed by atoms with E-state index in [1.165, 1.54) is 0 Å². The Bertz CT molecular complexity index is 419. The van der Waals surface area contributed by atoms with Gasteiger partial charge in [-0.25, -0.2) is 9.97 Å². The van der Waals surface area contributed by atoms with Gasteiger partial charge in [-0.2, -0.15) is 0 Å². The summed E-state index contributed by atoms with van der Waals surface area (Å²) in [5.41, 5.74) is 6.94. The van der Waals surface area contributed by atoms with Gasteiger partial charge in [0, 0.05) is 24.6 Å². The highest BCUT2D eigenvalue weighted by Crippen LogP contribution is 2.25. The van der Waals surface area contributed by atoms with E-state index in [4.69, 9.17) is 5.73 Å². The molecule has 0 aliphatic heterocycles. The molecule has 5 nitrogen and oxygen atoms in total. The Morgan fingerprint density at radius 3 is 2.35 bits per heavy atom. The Hall–Kier alpha value is -1.36. The molecular formula is C15H28N4O. The van der Waals surface area contributed by atoms with Crippen molar-refractivity contribution in [2.45, 2.75) is 59.4 Å². The zero-order valence-electron chi connectivity index (χ0n) is 13.2. The number of aromatic nitrogens is 2. The molecule has 0 aromatic carbocycles. The third-order valence-corrected chi connectivity index (χ3v) is 3.67. The van der Waals surface area contributed by atoms with Gasteiger partial charge in [0.15, 0.2) is 0 Å². The molecule has 1 aromatic heterocycles. The van der Waals surface area contributed by atoms with Gasteiger partial charge in [-0.05, 0) is 26.2 Å². The second-order valence-electron chi connectivity index (χ2n) is 5.11. The minimum absolute atomic E-state index is 0.114. The summed E-state index contributed by atoms with van der Waals surface area (Å²) in [6.07, 6.45) is 3.85. The predicted molar refractivity (Wildman–Crippen MR) is 84.0 cm³/mol. The summed E-state index contributed by atoms with van der Waals surface area (Å²) in [4.78, 5) is 11.2. The minimum Gasteiger partial charge on any atom is -0.395 e. The average molecular weight is 280 g/mol. The first-order valence-electron chi connectivity index (χ1n) is 7.59. The van der Waals surface area contributed by atoms with Crippen molar-refractivity contribution in [3.05, 3.63) is 11.4 Å². The Labute approximate surface area is 122 Å². The van der Waals surface area contributed by atoms with Crippen LogP contribution in [0.5, 0.6) is 0 Å². The van der Waals surface area contributed by atoms with Crippen molar-refractivity contribution >= 4 is 11.6 Å². The molecule has 1 rings (SSSR count). The van der Waals surface area contributed by atoms with Crippen LogP contribution in [0.15, 0.2) is 0 Å². The zero-order valence-corrected chi connectivity index (χ0v) is 13.2. The fourth-order valence-corrected chi connectivity index (χ4v) is 2.48. The number of hydrogen-bond acceptors (Lipinski definition) is 5. The lowest BCUT2D eigenvalue weighted by molar-refractivity contribution is 0.295. The van der Waals surface area contributed by atoms with Crippen molar-refractivity contribution in [2.24, 2.45) is 0 Å². The van der Waals surface area contributed by atoms with Gasteiger partial charge >= 0.3 is 0 Å². The molecule has 3 N–H and O–H groups in total. The molecule has 0 aliphatic carbocycles. The summed E-state index contributed by atoms with van der Waals surface area (Å²) in [7, 11) is 0. The van der Waals surface area contributed by atoms with Crippen molar-refractivity contribution in [3.63, 3.8) is 0 Å². The number of nitrogen functional groups attached to an aromatic ring is 1. The van der Waals surface area contributed by atoms with E-state index in [1.807, 2.05) is 6.92 Å². The molecule has 0 spiro atoms. The maximum absolute atomic E-state index is 9.35. The van der Waals surface area contributed by atoms with Crippen LogP contribution in [0.2, 0.25) is 0 Å². The summed E-state index contributed by atoms with van der Waals surface area (Å²) >= 11 is 0. The quantitative estimate of drug-likeness (QED) is 0.764.